The number of ether oxygens (including phenoxy) is 1. The summed E-state index contributed by atoms with van der Waals surface area (Å²) in [7, 11) is 1.51. The lowest BCUT2D eigenvalue weighted by Gasteiger charge is -2.29. The number of carbonyl (C=O) groups excluding carboxylic acids is 1. The van der Waals surface area contributed by atoms with Crippen molar-refractivity contribution in [1.29, 1.82) is 0 Å². The minimum Gasteiger partial charge on any atom is -0.465 e. The maximum Gasteiger partial charge on any atom is 0.407 e. The Labute approximate surface area is 205 Å². The second-order valence-corrected chi connectivity index (χ2v) is 8.14. The average Bonchev–Trinajstić information content (AvgIpc) is 2.81. The highest BCUT2D eigenvalue weighted by molar-refractivity contribution is 6.40. The van der Waals surface area contributed by atoms with E-state index in [1.807, 2.05) is 24.3 Å². The molecule has 176 valence electrons. The first kappa shape index (κ1) is 23.4. The van der Waals surface area contributed by atoms with Crippen molar-refractivity contribution in [2.75, 3.05) is 42.4 Å². The molecule has 34 heavy (non-hydrogen) atoms. The summed E-state index contributed by atoms with van der Waals surface area (Å²) in [6.45, 7) is 0.742. The highest BCUT2D eigenvalue weighted by Crippen LogP contribution is 2.37. The van der Waals surface area contributed by atoms with Crippen LogP contribution in [0.2, 0.25) is 10.0 Å². The van der Waals surface area contributed by atoms with Crippen molar-refractivity contribution in [1.82, 2.24) is 14.9 Å². The number of benzene rings is 2. The number of nitrogens with zero attached hydrogens (tertiary/aromatic N) is 4. The Kier molecular flexibility index (Phi) is 6.90. The minimum absolute atomic E-state index is 0.0941. The summed E-state index contributed by atoms with van der Waals surface area (Å²) in [6, 6.07) is 12.3. The number of amides is 2. The zero-order chi connectivity index (χ0) is 24.2. The van der Waals surface area contributed by atoms with E-state index in [4.69, 9.17) is 33.0 Å². The summed E-state index contributed by atoms with van der Waals surface area (Å²) in [6.07, 6.45) is 0.413. The second-order valence-electron chi connectivity index (χ2n) is 7.32. The van der Waals surface area contributed by atoms with Crippen LogP contribution in [-0.4, -0.2) is 58.8 Å². The van der Waals surface area contributed by atoms with Crippen LogP contribution in [0.1, 0.15) is 10.4 Å². The van der Waals surface area contributed by atoms with Crippen LogP contribution in [0.5, 0.6) is 5.88 Å². The largest absolute Gasteiger partial charge is 0.465 e. The Bertz CT molecular complexity index is 1200. The number of carboxylic acid groups (broad SMARTS) is 1. The third kappa shape index (κ3) is 5.08. The molecule has 1 aromatic heterocycles. The molecule has 2 amide bonds. The van der Waals surface area contributed by atoms with Crippen molar-refractivity contribution in [3.8, 4) is 5.88 Å². The highest BCUT2D eigenvalue weighted by Gasteiger charge is 2.31. The Hall–Kier alpha value is -3.76. The number of likely N-dealkylation sites (N-methyl/N-ethyl adjacent to an activating group) is 1. The van der Waals surface area contributed by atoms with Gasteiger partial charge in [-0.1, -0.05) is 29.3 Å². The number of hydrogen-bond donors (Lipinski definition) is 3. The molecule has 0 aliphatic carbocycles. The van der Waals surface area contributed by atoms with Gasteiger partial charge in [-0.3, -0.25) is 9.69 Å². The fraction of sp³-hybridized carbons (Fsp3) is 0.182. The van der Waals surface area contributed by atoms with Gasteiger partial charge >= 0.3 is 6.09 Å². The van der Waals surface area contributed by atoms with Crippen molar-refractivity contribution in [2.45, 2.75) is 0 Å². The molecule has 3 aromatic rings. The summed E-state index contributed by atoms with van der Waals surface area (Å²) >= 11 is 12.5. The number of nitrogens with one attached hydrogen (secondary N) is 2. The van der Waals surface area contributed by atoms with E-state index in [1.54, 1.807) is 18.2 Å². The molecule has 12 heteroatoms. The third-order valence-corrected chi connectivity index (χ3v) is 5.62. The maximum atomic E-state index is 13.0. The van der Waals surface area contributed by atoms with E-state index < -0.39 is 6.09 Å². The van der Waals surface area contributed by atoms with Crippen LogP contribution in [0.4, 0.5) is 27.8 Å². The molecule has 1 aliphatic heterocycles. The van der Waals surface area contributed by atoms with Gasteiger partial charge in [0.2, 0.25) is 11.8 Å². The van der Waals surface area contributed by atoms with Crippen LogP contribution in [0.25, 0.3) is 0 Å². The zero-order valence-electron chi connectivity index (χ0n) is 18.0. The monoisotopic (exact) mass is 502 g/mol. The second kappa shape index (κ2) is 10.0. The quantitative estimate of drug-likeness (QED) is 0.430. The molecule has 0 unspecified atom stereocenters. The number of hydrogen-bond acceptors (Lipinski definition) is 7. The first-order valence-corrected chi connectivity index (χ1v) is 10.9. The molecule has 0 radical (unpaired) electrons. The number of halogens is 2. The topological polar surface area (TPSA) is 120 Å². The Morgan fingerprint density at radius 2 is 1.85 bits per heavy atom. The highest BCUT2D eigenvalue weighted by atomic mass is 35.5. The number of aromatic nitrogens is 2. The van der Waals surface area contributed by atoms with Gasteiger partial charge in [-0.05, 0) is 36.4 Å². The number of anilines is 4. The molecule has 2 heterocycles. The van der Waals surface area contributed by atoms with Crippen molar-refractivity contribution in [3.05, 3.63) is 64.3 Å². The van der Waals surface area contributed by atoms with E-state index >= 15 is 0 Å². The van der Waals surface area contributed by atoms with Crippen molar-refractivity contribution >= 4 is 58.2 Å². The molecule has 0 bridgehead atoms. The van der Waals surface area contributed by atoms with E-state index in [0.717, 1.165) is 11.4 Å². The molecule has 10 nitrogen and oxygen atoms in total. The lowest BCUT2D eigenvalue weighted by Crippen LogP contribution is -2.39. The van der Waals surface area contributed by atoms with Gasteiger partial charge < -0.3 is 25.4 Å². The van der Waals surface area contributed by atoms with Gasteiger partial charge in [-0.15, -0.1) is 0 Å². The number of fused-ring (bicyclic) bond motifs is 1. The van der Waals surface area contributed by atoms with E-state index in [2.05, 4.69) is 20.6 Å². The summed E-state index contributed by atoms with van der Waals surface area (Å²) < 4.78 is 5.69. The molecular weight excluding hydrogens is 483 g/mol. The molecule has 0 fully saturated rings. The van der Waals surface area contributed by atoms with Crippen LogP contribution in [0, 0.1) is 0 Å². The summed E-state index contributed by atoms with van der Waals surface area (Å²) in [4.78, 5) is 34.9. The lowest BCUT2D eigenvalue weighted by molar-refractivity contribution is 0.0932. The Morgan fingerprint density at radius 3 is 2.53 bits per heavy atom. The molecule has 0 atom stereocenters. The van der Waals surface area contributed by atoms with Gasteiger partial charge in [0.05, 0.1) is 15.7 Å². The lowest BCUT2D eigenvalue weighted by atomic mass is 10.2. The van der Waals surface area contributed by atoms with Gasteiger partial charge in [0.1, 0.15) is 5.56 Å². The van der Waals surface area contributed by atoms with Crippen LogP contribution >= 0.6 is 23.2 Å². The number of para-hydroxylation sites is 1. The zero-order valence-corrected chi connectivity index (χ0v) is 19.5. The summed E-state index contributed by atoms with van der Waals surface area (Å²) in [5.41, 5.74) is 2.12. The van der Waals surface area contributed by atoms with Crippen LogP contribution in [-0.2, 0) is 0 Å². The first-order chi connectivity index (χ1) is 16.3. The van der Waals surface area contributed by atoms with Crippen LogP contribution in [0.3, 0.4) is 0 Å². The summed E-state index contributed by atoms with van der Waals surface area (Å²) in [5.74, 6) is 0.0501. The molecular formula is C22H20Cl2N6O4. The number of rotatable bonds is 7. The first-order valence-electron chi connectivity index (χ1n) is 10.1. The van der Waals surface area contributed by atoms with Gasteiger partial charge in [0, 0.05) is 37.7 Å². The van der Waals surface area contributed by atoms with E-state index in [-0.39, 0.29) is 30.0 Å². The van der Waals surface area contributed by atoms with Crippen molar-refractivity contribution in [3.63, 3.8) is 0 Å². The molecule has 3 N–H and O–H groups in total. The van der Waals surface area contributed by atoms with Gasteiger partial charge in [-0.25, -0.2) is 9.78 Å². The predicted molar refractivity (Wildman–Crippen MR) is 130 cm³/mol. The number of carbonyl (C=O) groups is 2. The van der Waals surface area contributed by atoms with Gasteiger partial charge in [0.15, 0.2) is 6.73 Å². The van der Waals surface area contributed by atoms with Gasteiger partial charge in [-0.2, -0.15) is 4.98 Å². The normalized spacial score (nSPS) is 12.6. The molecule has 1 aliphatic rings. The Balaban J connectivity index is 1.41. The molecule has 0 saturated carbocycles. The molecule has 0 spiro atoms. The maximum absolute atomic E-state index is 13.0. The fourth-order valence-electron chi connectivity index (χ4n) is 3.19. The van der Waals surface area contributed by atoms with E-state index in [0.29, 0.717) is 28.8 Å². The third-order valence-electron chi connectivity index (χ3n) is 5.01. The predicted octanol–water partition coefficient (Wildman–Crippen LogP) is 4.55. The SMILES string of the molecule is CN(CCNc1ccc(Nc2ncc3c(n2)OCN(c2c(Cl)cccc2Cl)C3=O)cc1)C(=O)O. The molecule has 2 aromatic carbocycles. The van der Waals surface area contributed by atoms with Crippen molar-refractivity contribution in [2.24, 2.45) is 0 Å². The smallest absolute Gasteiger partial charge is 0.407 e. The minimum atomic E-state index is -0.975. The van der Waals surface area contributed by atoms with Crippen LogP contribution < -0.4 is 20.3 Å². The van der Waals surface area contributed by atoms with E-state index in [9.17, 15) is 9.59 Å². The van der Waals surface area contributed by atoms with Crippen LogP contribution in [0.15, 0.2) is 48.7 Å². The standard InChI is InChI=1S/C22H20Cl2N6O4/c1-29(22(32)33)10-9-25-13-5-7-14(8-6-13)27-21-26-11-15-19(28-21)34-12-30(20(15)31)18-16(23)3-2-4-17(18)24/h2-8,11,25H,9-10,12H2,1H3,(H,32,33)(H,26,27,28). The molecule has 0 saturated heterocycles. The molecule has 4 rings (SSSR count). The fourth-order valence-corrected chi connectivity index (χ4v) is 3.79. The van der Waals surface area contributed by atoms with E-state index in [1.165, 1.54) is 23.0 Å². The Morgan fingerprint density at radius 1 is 1.18 bits per heavy atom. The average molecular weight is 503 g/mol. The van der Waals surface area contributed by atoms with Gasteiger partial charge in [0.25, 0.3) is 5.91 Å². The summed E-state index contributed by atoms with van der Waals surface area (Å²) in [5, 5.41) is 15.7. The van der Waals surface area contributed by atoms with Crippen molar-refractivity contribution < 1.29 is 19.4 Å².